The maximum Gasteiger partial charge on any atom is 0.591 e. The molecule has 32 heavy (non-hydrogen) atoms. The maximum absolute atomic E-state index is 5.28. The van der Waals surface area contributed by atoms with E-state index in [9.17, 15) is 0 Å². The molecule has 0 aromatic heterocycles. The molecule has 0 N–H and O–H groups in total. The third kappa shape index (κ3) is 52.7. The monoisotopic (exact) mass is 1420 g/mol. The van der Waals surface area contributed by atoms with E-state index in [-0.39, 0.29) is 454 Å². The molecule has 2 aliphatic rings. The summed E-state index contributed by atoms with van der Waals surface area (Å²) in [5.41, 5.74) is 0. The zero-order valence-electron chi connectivity index (χ0n) is 19.3. The van der Waals surface area contributed by atoms with Crippen LogP contribution in [0.3, 0.4) is 0 Å². The Balaban J connectivity index is -0.00000000940. The van der Waals surface area contributed by atoms with Crippen molar-refractivity contribution in [2.75, 3.05) is 6.79 Å². The van der Waals surface area contributed by atoms with Gasteiger partial charge in [-0.25, -0.2) is 0 Å². The van der Waals surface area contributed by atoms with Crippen LogP contribution in [-0.4, -0.2) is 21.0 Å². The Bertz CT molecular complexity index is 338. The largest absolute Gasteiger partial charge is 0.591 e. The first-order valence-electron chi connectivity index (χ1n) is 5.91. The number of rotatable bonds is 0. The molecule has 0 saturated carbocycles. The summed E-state index contributed by atoms with van der Waals surface area (Å²) in [5, 5.41) is 0. The minimum atomic E-state index is -0.127. The van der Waals surface area contributed by atoms with E-state index in [1.807, 2.05) is 51.8 Å². The fraction of sp³-hybridized carbons (Fsp3) is 0.462. The van der Waals surface area contributed by atoms with E-state index in [2.05, 4.69) is 0 Å². The minimum Gasteiger partial charge on any atom is -0.523 e. The van der Waals surface area contributed by atoms with Gasteiger partial charge in [0.05, 0.1) is 0 Å². The smallest absolute Gasteiger partial charge is 0.523 e. The average molecular weight is 1420 g/mol. The molecule has 1 fully saturated rings. The van der Waals surface area contributed by atoms with Gasteiger partial charge < -0.3 is 26.0 Å². The molecule has 2 heterocycles. The zero-order valence-corrected chi connectivity index (χ0v) is 56.2. The van der Waals surface area contributed by atoms with Gasteiger partial charge in [0, 0.05) is 425 Å². The van der Waals surface area contributed by atoms with Gasteiger partial charge in [0.2, 0.25) is 0 Å². The number of hydrogen-bond acceptors (Lipinski definition) is 4. The van der Waals surface area contributed by atoms with Crippen LogP contribution in [0.1, 0.15) is 21.3 Å². The van der Waals surface area contributed by atoms with E-state index in [1.165, 1.54) is 0 Å². The molecular formula is C13H25B2O4Y13-. The molecule has 1 saturated heterocycles. The van der Waals surface area contributed by atoms with Gasteiger partial charge in [-0.3, -0.25) is 0 Å². The molecule has 0 amide bonds. The molecular weight excluding hydrogens is 1400 g/mol. The molecule has 19 heteroatoms. The molecule has 3 rings (SSSR count). The van der Waals surface area contributed by atoms with Gasteiger partial charge in [-0.05, 0) is 25.8 Å². The zero-order chi connectivity index (χ0) is 12.7. The summed E-state index contributed by atoms with van der Waals surface area (Å²) in [5.74, 6) is 1.69. The first-order valence-corrected chi connectivity index (χ1v) is 5.91. The Morgan fingerprint density at radius 1 is 0.562 bits per heavy atom. The van der Waals surface area contributed by atoms with Crippen molar-refractivity contribution < 1.29 is 444 Å². The van der Waals surface area contributed by atoms with Crippen molar-refractivity contribution in [3.8, 4) is 11.5 Å². The van der Waals surface area contributed by atoms with Crippen molar-refractivity contribution in [2.24, 2.45) is 0 Å². The van der Waals surface area contributed by atoms with Gasteiger partial charge in [-0.2, -0.15) is 0 Å². The summed E-state index contributed by atoms with van der Waals surface area (Å²) in [6, 6.07) is 7.66. The van der Waals surface area contributed by atoms with E-state index in [4.69, 9.17) is 18.6 Å². The molecule has 0 atom stereocenters. The summed E-state index contributed by atoms with van der Waals surface area (Å²) in [4.78, 5) is 0. The van der Waals surface area contributed by atoms with Crippen LogP contribution in [0.2, 0.25) is 13.6 Å². The Kier molecular flexibility index (Phi) is 213. The van der Waals surface area contributed by atoms with Gasteiger partial charge in [0.15, 0.2) is 0 Å². The molecule has 2 aliphatic heterocycles. The minimum absolute atomic E-state index is 0. The topological polar surface area (TPSA) is 36.9 Å². The summed E-state index contributed by atoms with van der Waals surface area (Å²) >= 11 is 0. The summed E-state index contributed by atoms with van der Waals surface area (Å²) in [6.45, 7) is 8.23. The van der Waals surface area contributed by atoms with Gasteiger partial charge in [-0.15, -0.1) is 0 Å². The van der Waals surface area contributed by atoms with Crippen molar-refractivity contribution in [1.29, 1.82) is 0 Å². The van der Waals surface area contributed by atoms with Crippen LogP contribution in [0.5, 0.6) is 11.5 Å². The third-order valence-electron chi connectivity index (χ3n) is 2.04. The molecule has 0 bridgehead atoms. The van der Waals surface area contributed by atoms with E-state index in [0.29, 0.717) is 6.79 Å². The van der Waals surface area contributed by atoms with Crippen LogP contribution in [0, 0.1) is 7.43 Å². The van der Waals surface area contributed by atoms with Crippen LogP contribution in [0.4, 0.5) is 0 Å². The molecule has 0 unspecified atom stereocenters. The van der Waals surface area contributed by atoms with Crippen LogP contribution in [0.15, 0.2) is 24.3 Å². The summed E-state index contributed by atoms with van der Waals surface area (Å²) in [7, 11) is -0.0626. The van der Waals surface area contributed by atoms with E-state index < -0.39 is 0 Å². The number of fused-ring (bicyclic) bond motifs is 1. The molecule has 1 aromatic carbocycles. The Morgan fingerprint density at radius 3 is 0.938 bits per heavy atom. The Morgan fingerprint density at radius 2 is 0.781 bits per heavy atom. The second kappa shape index (κ2) is 70.5. The van der Waals surface area contributed by atoms with Crippen molar-refractivity contribution in [3.63, 3.8) is 0 Å². The number of benzene rings is 1. The van der Waals surface area contributed by atoms with Gasteiger partial charge in [-0.1, -0.05) is 33.4 Å². The number of hydrogen-bond donors (Lipinski definition) is 0. The molecule has 0 aliphatic carbocycles. The van der Waals surface area contributed by atoms with E-state index in [0.717, 1.165) is 11.5 Å². The second-order valence-electron chi connectivity index (χ2n) is 3.27. The van der Waals surface area contributed by atoms with Gasteiger partial charge in [0.25, 0.3) is 0 Å². The SMILES string of the molecule is C.CB1OCO1.CB1Oc2ccccc2O1.CC.[CH3-].[Y].[Y].[Y].[Y].[Y].[Y].[Y].[Y].[Y].[Y].[Y].[Y].[Y]. The molecule has 4 nitrogen and oxygen atoms in total. The maximum atomic E-state index is 5.28. The standard InChI is InChI=1S/C7H7BO2.C2H5BO2.C2H6.CH4.CH3.13Y/c1-8-9-6-4-2-3-5-7(6)10-8;1-3-4-2-5-3;1-2;;;;;;;;;;;;;;;/h2-5H,1H3;2H2,1H3;1-2H3;1H4;1H3;;;;;;;;;;;;;/q;;;;-1;;;;;;;;;;;;;. The summed E-state index contributed by atoms with van der Waals surface area (Å²) < 4.78 is 20.0. The Hall–Kier alpha value is 13.2. The van der Waals surface area contributed by atoms with Crippen LogP contribution < -0.4 is 9.31 Å². The predicted octanol–water partition coefficient (Wildman–Crippen LogP) is 3.76. The first-order chi connectivity index (χ1) is 8.25. The van der Waals surface area contributed by atoms with Crippen molar-refractivity contribution in [3.05, 3.63) is 31.7 Å². The fourth-order valence-corrected chi connectivity index (χ4v) is 1.23. The van der Waals surface area contributed by atoms with Gasteiger partial charge in [0.1, 0.15) is 18.3 Å². The summed E-state index contributed by atoms with van der Waals surface area (Å²) in [6.07, 6.45) is 0. The molecule has 13 radical (unpaired) electrons. The van der Waals surface area contributed by atoms with Crippen LogP contribution >= 0.6 is 0 Å². The second-order valence-corrected chi connectivity index (χ2v) is 3.27. The van der Waals surface area contributed by atoms with Gasteiger partial charge >= 0.3 is 14.2 Å². The predicted molar refractivity (Wildman–Crippen MR) is 82.5 cm³/mol. The van der Waals surface area contributed by atoms with Crippen molar-refractivity contribution in [2.45, 2.75) is 34.9 Å². The molecule has 147 valence electrons. The molecule has 0 spiro atoms. The normalized spacial score (nSPS) is 8.00. The van der Waals surface area contributed by atoms with E-state index >= 15 is 0 Å². The average Bonchev–Trinajstić information content (AvgIpc) is 2.70. The number of para-hydroxylation sites is 2. The van der Waals surface area contributed by atoms with Crippen molar-refractivity contribution >= 4 is 14.2 Å². The third-order valence-corrected chi connectivity index (χ3v) is 2.04. The fourth-order valence-electron chi connectivity index (χ4n) is 1.23. The molecule has 1 aromatic rings. The van der Waals surface area contributed by atoms with Crippen molar-refractivity contribution in [1.82, 2.24) is 0 Å². The first kappa shape index (κ1) is 96.8. The van der Waals surface area contributed by atoms with E-state index in [1.54, 1.807) is 0 Å². The van der Waals surface area contributed by atoms with Crippen LogP contribution in [0.25, 0.3) is 0 Å². The van der Waals surface area contributed by atoms with Crippen LogP contribution in [-0.2, 0) is 435 Å². The quantitative estimate of drug-likeness (QED) is 0.294. The Labute approximate surface area is 526 Å².